The number of carbonyl (C=O) groups is 2. The molecule has 0 saturated carbocycles. The van der Waals surface area contributed by atoms with Crippen LogP contribution >= 0.6 is 0 Å². The Labute approximate surface area is 76.5 Å². The predicted molar refractivity (Wildman–Crippen MR) is 44.9 cm³/mol. The summed E-state index contributed by atoms with van der Waals surface area (Å²) in [6.07, 6.45) is 0.620. The van der Waals surface area contributed by atoms with Crippen molar-refractivity contribution in [2.24, 2.45) is 0 Å². The molecule has 0 aromatic rings. The normalized spacial score (nSPS) is 16.0. The van der Waals surface area contributed by atoms with E-state index in [0.29, 0.717) is 12.0 Å². The van der Waals surface area contributed by atoms with Crippen molar-refractivity contribution in [3.63, 3.8) is 0 Å². The molecule has 0 N–H and O–H groups in total. The molecule has 1 aliphatic rings. The third-order valence-electron chi connectivity index (χ3n) is 1.85. The smallest absolute Gasteiger partial charge is 0.334 e. The molecule has 0 atom stereocenters. The van der Waals surface area contributed by atoms with E-state index in [2.05, 4.69) is 0 Å². The number of carbonyl (C=O) groups excluding carboxylic acids is 2. The second-order valence-corrected chi connectivity index (χ2v) is 2.79. The van der Waals surface area contributed by atoms with Crippen LogP contribution in [0, 0.1) is 0 Å². The van der Waals surface area contributed by atoms with Crippen LogP contribution in [-0.4, -0.2) is 25.2 Å². The van der Waals surface area contributed by atoms with Gasteiger partial charge >= 0.3 is 11.9 Å². The summed E-state index contributed by atoms with van der Waals surface area (Å²) in [6.45, 7) is 3.64. The minimum atomic E-state index is -0.345. The van der Waals surface area contributed by atoms with E-state index >= 15 is 0 Å². The topological polar surface area (TPSA) is 52.6 Å². The average Bonchev–Trinajstić information content (AvgIpc) is 2.42. The quantitative estimate of drug-likeness (QED) is 0.609. The summed E-state index contributed by atoms with van der Waals surface area (Å²) in [4.78, 5) is 21.5. The van der Waals surface area contributed by atoms with Crippen molar-refractivity contribution in [2.75, 3.05) is 13.2 Å². The number of hydrogen-bond donors (Lipinski definition) is 0. The fourth-order valence-corrected chi connectivity index (χ4v) is 1.18. The van der Waals surface area contributed by atoms with E-state index in [1.54, 1.807) is 0 Å². The highest BCUT2D eigenvalue weighted by Gasteiger charge is 2.23. The molecule has 1 aliphatic heterocycles. The van der Waals surface area contributed by atoms with Crippen LogP contribution in [0.1, 0.15) is 20.3 Å². The molecule has 0 radical (unpaired) electrons. The number of rotatable bonds is 3. The predicted octanol–water partition coefficient (Wildman–Crippen LogP) is 0.813. The lowest BCUT2D eigenvalue weighted by Gasteiger charge is -2.01. The van der Waals surface area contributed by atoms with Crippen LogP contribution in [-0.2, 0) is 19.1 Å². The molecule has 0 aromatic heterocycles. The standard InChI is InChI=1S/C9H12O4/c1-3-8-7(4-12-6(2)10)5-13-9(8)11/h3-5H2,1-2H3. The first kappa shape index (κ1) is 9.77. The molecule has 0 unspecified atom stereocenters. The molecule has 0 fully saturated rings. The van der Waals surface area contributed by atoms with Crippen LogP contribution in [0.4, 0.5) is 0 Å². The highest BCUT2D eigenvalue weighted by Crippen LogP contribution is 2.18. The molecule has 1 rings (SSSR count). The summed E-state index contributed by atoms with van der Waals surface area (Å²) in [5, 5.41) is 0. The fourth-order valence-electron chi connectivity index (χ4n) is 1.18. The first-order valence-electron chi connectivity index (χ1n) is 4.16. The second kappa shape index (κ2) is 4.07. The van der Waals surface area contributed by atoms with Gasteiger partial charge in [-0.05, 0) is 6.42 Å². The molecule has 0 aromatic carbocycles. The lowest BCUT2D eigenvalue weighted by Crippen LogP contribution is -2.05. The lowest BCUT2D eigenvalue weighted by atomic mass is 10.1. The average molecular weight is 184 g/mol. The Hall–Kier alpha value is -1.32. The SMILES string of the molecule is CCC1=C(COC(C)=O)COC1=O. The van der Waals surface area contributed by atoms with Crippen LogP contribution < -0.4 is 0 Å². The third-order valence-corrected chi connectivity index (χ3v) is 1.85. The fraction of sp³-hybridized carbons (Fsp3) is 0.556. The maximum Gasteiger partial charge on any atom is 0.334 e. The molecular formula is C9H12O4. The van der Waals surface area contributed by atoms with Crippen LogP contribution in [0.5, 0.6) is 0 Å². The van der Waals surface area contributed by atoms with Gasteiger partial charge in [-0.3, -0.25) is 4.79 Å². The monoisotopic (exact) mass is 184 g/mol. The van der Waals surface area contributed by atoms with Gasteiger partial charge in [-0.1, -0.05) is 6.92 Å². The van der Waals surface area contributed by atoms with Gasteiger partial charge in [0.25, 0.3) is 0 Å². The highest BCUT2D eigenvalue weighted by atomic mass is 16.5. The summed E-state index contributed by atoms with van der Waals surface area (Å²) in [7, 11) is 0. The zero-order valence-electron chi connectivity index (χ0n) is 7.75. The van der Waals surface area contributed by atoms with Gasteiger partial charge in [0, 0.05) is 18.1 Å². The van der Waals surface area contributed by atoms with Gasteiger partial charge in [-0.25, -0.2) is 4.79 Å². The Kier molecular flexibility index (Phi) is 3.06. The zero-order valence-corrected chi connectivity index (χ0v) is 7.75. The van der Waals surface area contributed by atoms with Crippen molar-refractivity contribution >= 4 is 11.9 Å². The maximum absolute atomic E-state index is 11.0. The van der Waals surface area contributed by atoms with Gasteiger partial charge < -0.3 is 9.47 Å². The van der Waals surface area contributed by atoms with E-state index in [-0.39, 0.29) is 25.2 Å². The first-order chi connectivity index (χ1) is 6.15. The van der Waals surface area contributed by atoms with E-state index in [9.17, 15) is 9.59 Å². The highest BCUT2D eigenvalue weighted by molar-refractivity contribution is 5.91. The molecule has 0 amide bonds. The Morgan fingerprint density at radius 2 is 2.31 bits per heavy atom. The lowest BCUT2D eigenvalue weighted by molar-refractivity contribution is -0.140. The molecular weight excluding hydrogens is 172 g/mol. The van der Waals surface area contributed by atoms with Gasteiger partial charge in [-0.15, -0.1) is 0 Å². The molecule has 1 heterocycles. The molecule has 72 valence electrons. The summed E-state index contributed by atoms with van der Waals surface area (Å²) in [5.41, 5.74) is 1.42. The van der Waals surface area contributed by atoms with Crippen molar-refractivity contribution < 1.29 is 19.1 Å². The number of cyclic esters (lactones) is 1. The van der Waals surface area contributed by atoms with Gasteiger partial charge in [0.2, 0.25) is 0 Å². The van der Waals surface area contributed by atoms with E-state index in [1.165, 1.54) is 6.92 Å². The second-order valence-electron chi connectivity index (χ2n) is 2.79. The Morgan fingerprint density at radius 1 is 1.62 bits per heavy atom. The number of esters is 2. The summed E-state index contributed by atoms with van der Waals surface area (Å²) < 4.78 is 9.57. The first-order valence-corrected chi connectivity index (χ1v) is 4.16. The number of hydrogen-bond acceptors (Lipinski definition) is 4. The molecule has 0 saturated heterocycles. The minimum absolute atomic E-state index is 0.171. The molecule has 13 heavy (non-hydrogen) atoms. The van der Waals surface area contributed by atoms with Crippen LogP contribution in [0.3, 0.4) is 0 Å². The summed E-state index contributed by atoms with van der Waals surface area (Å²) in [6, 6.07) is 0. The minimum Gasteiger partial charge on any atom is -0.461 e. The van der Waals surface area contributed by atoms with Gasteiger partial charge in [0.05, 0.1) is 0 Å². The van der Waals surface area contributed by atoms with Crippen LogP contribution in [0.15, 0.2) is 11.1 Å². The molecule has 0 spiro atoms. The zero-order chi connectivity index (χ0) is 9.84. The number of ether oxygens (including phenoxy) is 2. The van der Waals surface area contributed by atoms with E-state index in [1.807, 2.05) is 6.92 Å². The van der Waals surface area contributed by atoms with Crippen molar-refractivity contribution in [1.82, 2.24) is 0 Å². The van der Waals surface area contributed by atoms with E-state index in [4.69, 9.17) is 9.47 Å². The molecule has 0 bridgehead atoms. The molecule has 0 aliphatic carbocycles. The largest absolute Gasteiger partial charge is 0.461 e. The van der Waals surface area contributed by atoms with E-state index in [0.717, 1.165) is 5.57 Å². The van der Waals surface area contributed by atoms with Crippen LogP contribution in [0.25, 0.3) is 0 Å². The maximum atomic E-state index is 11.0. The van der Waals surface area contributed by atoms with Crippen molar-refractivity contribution in [2.45, 2.75) is 20.3 Å². The summed E-state index contributed by atoms with van der Waals surface area (Å²) >= 11 is 0. The van der Waals surface area contributed by atoms with Gasteiger partial charge in [0.15, 0.2) is 0 Å². The molecule has 4 heteroatoms. The van der Waals surface area contributed by atoms with Crippen molar-refractivity contribution in [3.05, 3.63) is 11.1 Å². The molecule has 4 nitrogen and oxygen atoms in total. The Balaban J connectivity index is 2.61. The van der Waals surface area contributed by atoms with Crippen molar-refractivity contribution in [3.8, 4) is 0 Å². The van der Waals surface area contributed by atoms with Crippen molar-refractivity contribution in [1.29, 1.82) is 0 Å². The Morgan fingerprint density at radius 3 is 2.85 bits per heavy atom. The summed E-state index contributed by atoms with van der Waals surface area (Å²) in [5.74, 6) is -0.632. The van der Waals surface area contributed by atoms with Gasteiger partial charge in [-0.2, -0.15) is 0 Å². The van der Waals surface area contributed by atoms with Crippen LogP contribution in [0.2, 0.25) is 0 Å². The van der Waals surface area contributed by atoms with Gasteiger partial charge in [0.1, 0.15) is 13.2 Å². The third kappa shape index (κ3) is 2.31. The van der Waals surface area contributed by atoms with E-state index < -0.39 is 0 Å². The Bertz CT molecular complexity index is 265.